The number of hydrogen-bond acceptors (Lipinski definition) is 5. The summed E-state index contributed by atoms with van der Waals surface area (Å²) in [4.78, 5) is 12.3. The van der Waals surface area contributed by atoms with Crippen molar-refractivity contribution in [3.8, 4) is 11.5 Å². The first-order valence-electron chi connectivity index (χ1n) is 6.23. The SMILES string of the molecule is COc1cc(N)ccc1NC(=O)c1ccc(N)cc1OC. The number of benzene rings is 2. The number of nitrogen functional groups attached to an aromatic ring is 2. The lowest BCUT2D eigenvalue weighted by Gasteiger charge is -2.13. The monoisotopic (exact) mass is 287 g/mol. The van der Waals surface area contributed by atoms with Crippen LogP contribution in [-0.4, -0.2) is 20.1 Å². The lowest BCUT2D eigenvalue weighted by molar-refractivity contribution is 0.102. The third-order valence-electron chi connectivity index (χ3n) is 2.94. The fourth-order valence-electron chi connectivity index (χ4n) is 1.90. The Labute approximate surface area is 122 Å². The first-order chi connectivity index (χ1) is 10.0. The van der Waals surface area contributed by atoms with Crippen LogP contribution >= 0.6 is 0 Å². The molecule has 6 nitrogen and oxygen atoms in total. The molecule has 0 bridgehead atoms. The van der Waals surface area contributed by atoms with Gasteiger partial charge >= 0.3 is 0 Å². The van der Waals surface area contributed by atoms with Crippen LogP contribution in [0.25, 0.3) is 0 Å². The van der Waals surface area contributed by atoms with Crippen molar-refractivity contribution in [3.05, 3.63) is 42.0 Å². The van der Waals surface area contributed by atoms with Crippen LogP contribution in [0.3, 0.4) is 0 Å². The molecule has 0 aliphatic rings. The molecule has 0 spiro atoms. The third-order valence-corrected chi connectivity index (χ3v) is 2.94. The number of nitrogens with two attached hydrogens (primary N) is 2. The number of rotatable bonds is 4. The Morgan fingerprint density at radius 1 is 0.952 bits per heavy atom. The number of nitrogens with one attached hydrogen (secondary N) is 1. The summed E-state index contributed by atoms with van der Waals surface area (Å²) in [6.45, 7) is 0. The summed E-state index contributed by atoms with van der Waals surface area (Å²) in [5, 5.41) is 2.76. The van der Waals surface area contributed by atoms with E-state index < -0.39 is 0 Å². The van der Waals surface area contributed by atoms with E-state index in [0.29, 0.717) is 34.1 Å². The molecule has 0 aliphatic carbocycles. The molecule has 0 radical (unpaired) electrons. The number of amides is 1. The molecular formula is C15H17N3O3. The maximum absolute atomic E-state index is 12.3. The van der Waals surface area contributed by atoms with E-state index in [1.165, 1.54) is 14.2 Å². The summed E-state index contributed by atoms with van der Waals surface area (Å²) in [5.41, 5.74) is 13.3. The van der Waals surface area contributed by atoms with E-state index >= 15 is 0 Å². The summed E-state index contributed by atoms with van der Waals surface area (Å²) >= 11 is 0. The van der Waals surface area contributed by atoms with Gasteiger partial charge in [-0.2, -0.15) is 0 Å². The first-order valence-corrected chi connectivity index (χ1v) is 6.23. The molecule has 0 saturated heterocycles. The predicted molar refractivity (Wildman–Crippen MR) is 82.8 cm³/mol. The second-order valence-corrected chi connectivity index (χ2v) is 4.37. The number of carbonyl (C=O) groups excluding carboxylic acids is 1. The highest BCUT2D eigenvalue weighted by Gasteiger charge is 2.14. The third kappa shape index (κ3) is 3.17. The molecule has 110 valence electrons. The van der Waals surface area contributed by atoms with Crippen LogP contribution in [0.5, 0.6) is 11.5 Å². The summed E-state index contributed by atoms with van der Waals surface area (Å²) in [6.07, 6.45) is 0. The Kier molecular flexibility index (Phi) is 4.18. The van der Waals surface area contributed by atoms with Crippen molar-refractivity contribution in [3.63, 3.8) is 0 Å². The van der Waals surface area contributed by atoms with Crippen LogP contribution in [0.1, 0.15) is 10.4 Å². The Bertz CT molecular complexity index is 671. The summed E-state index contributed by atoms with van der Waals surface area (Å²) < 4.78 is 10.4. The van der Waals surface area contributed by atoms with Crippen LogP contribution < -0.4 is 26.3 Å². The van der Waals surface area contributed by atoms with Gasteiger partial charge in [-0.1, -0.05) is 0 Å². The van der Waals surface area contributed by atoms with Gasteiger partial charge in [-0.3, -0.25) is 4.79 Å². The zero-order valence-electron chi connectivity index (χ0n) is 11.8. The van der Waals surface area contributed by atoms with Gasteiger partial charge in [0.2, 0.25) is 0 Å². The minimum atomic E-state index is -0.324. The smallest absolute Gasteiger partial charge is 0.259 e. The predicted octanol–water partition coefficient (Wildman–Crippen LogP) is 2.12. The van der Waals surface area contributed by atoms with E-state index in [1.807, 2.05) is 0 Å². The number of ether oxygens (including phenoxy) is 2. The fraction of sp³-hybridized carbons (Fsp3) is 0.133. The fourth-order valence-corrected chi connectivity index (χ4v) is 1.90. The van der Waals surface area contributed by atoms with Gasteiger partial charge < -0.3 is 26.3 Å². The number of anilines is 3. The van der Waals surface area contributed by atoms with Crippen molar-refractivity contribution in [2.24, 2.45) is 0 Å². The normalized spacial score (nSPS) is 10.0. The molecule has 1 amide bonds. The first kappa shape index (κ1) is 14.5. The molecule has 0 aromatic heterocycles. The quantitative estimate of drug-likeness (QED) is 0.748. The van der Waals surface area contributed by atoms with Gasteiger partial charge in [0.1, 0.15) is 11.5 Å². The van der Waals surface area contributed by atoms with Crippen LogP contribution in [-0.2, 0) is 0 Å². The van der Waals surface area contributed by atoms with Gasteiger partial charge in [0, 0.05) is 23.5 Å². The molecule has 2 aromatic carbocycles. The van der Waals surface area contributed by atoms with Crippen molar-refractivity contribution in [2.45, 2.75) is 0 Å². The minimum absolute atomic E-state index is 0.324. The largest absolute Gasteiger partial charge is 0.496 e. The molecule has 0 aliphatic heterocycles. The second-order valence-electron chi connectivity index (χ2n) is 4.37. The van der Waals surface area contributed by atoms with Crippen molar-refractivity contribution in [2.75, 3.05) is 31.0 Å². The molecule has 6 heteroatoms. The minimum Gasteiger partial charge on any atom is -0.496 e. The maximum Gasteiger partial charge on any atom is 0.259 e. The van der Waals surface area contributed by atoms with Gasteiger partial charge in [-0.15, -0.1) is 0 Å². The topological polar surface area (TPSA) is 99.6 Å². The van der Waals surface area contributed by atoms with Crippen molar-refractivity contribution >= 4 is 23.0 Å². The Morgan fingerprint density at radius 2 is 1.52 bits per heavy atom. The van der Waals surface area contributed by atoms with Gasteiger partial charge in [-0.25, -0.2) is 0 Å². The van der Waals surface area contributed by atoms with Gasteiger partial charge in [0.05, 0.1) is 25.5 Å². The molecule has 0 heterocycles. The van der Waals surface area contributed by atoms with E-state index in [9.17, 15) is 4.79 Å². The van der Waals surface area contributed by atoms with Gasteiger partial charge in [0.15, 0.2) is 0 Å². The highest BCUT2D eigenvalue weighted by molar-refractivity contribution is 6.07. The van der Waals surface area contributed by atoms with Crippen LogP contribution in [0, 0.1) is 0 Å². The molecule has 5 N–H and O–H groups in total. The summed E-state index contributed by atoms with van der Waals surface area (Å²) in [6, 6.07) is 9.82. The molecule has 0 unspecified atom stereocenters. The van der Waals surface area contributed by atoms with Crippen LogP contribution in [0.2, 0.25) is 0 Å². The highest BCUT2D eigenvalue weighted by atomic mass is 16.5. The lowest BCUT2D eigenvalue weighted by atomic mass is 10.1. The molecule has 0 fully saturated rings. The number of methoxy groups -OCH3 is 2. The lowest BCUT2D eigenvalue weighted by Crippen LogP contribution is -2.14. The highest BCUT2D eigenvalue weighted by Crippen LogP contribution is 2.28. The number of hydrogen-bond donors (Lipinski definition) is 3. The maximum atomic E-state index is 12.3. The Morgan fingerprint density at radius 3 is 2.14 bits per heavy atom. The van der Waals surface area contributed by atoms with E-state index in [0.717, 1.165) is 0 Å². The van der Waals surface area contributed by atoms with Crippen molar-refractivity contribution < 1.29 is 14.3 Å². The molecular weight excluding hydrogens is 270 g/mol. The Hall–Kier alpha value is -2.89. The second kappa shape index (κ2) is 6.04. The zero-order valence-corrected chi connectivity index (χ0v) is 11.8. The molecule has 2 aromatic rings. The molecule has 21 heavy (non-hydrogen) atoms. The average molecular weight is 287 g/mol. The average Bonchev–Trinajstić information content (AvgIpc) is 2.48. The number of carbonyl (C=O) groups is 1. The van der Waals surface area contributed by atoms with Crippen molar-refractivity contribution in [1.29, 1.82) is 0 Å². The van der Waals surface area contributed by atoms with E-state index in [-0.39, 0.29) is 5.91 Å². The van der Waals surface area contributed by atoms with Gasteiger partial charge in [-0.05, 0) is 24.3 Å². The van der Waals surface area contributed by atoms with Crippen LogP contribution in [0.15, 0.2) is 36.4 Å². The van der Waals surface area contributed by atoms with Crippen molar-refractivity contribution in [1.82, 2.24) is 0 Å². The standard InChI is InChI=1S/C15H17N3O3/c1-20-13-7-9(16)3-5-11(13)15(19)18-12-6-4-10(17)8-14(12)21-2/h3-8H,16-17H2,1-2H3,(H,18,19). The molecule has 2 rings (SSSR count). The van der Waals surface area contributed by atoms with Crippen LogP contribution in [0.4, 0.5) is 17.1 Å². The van der Waals surface area contributed by atoms with E-state index in [2.05, 4.69) is 5.32 Å². The summed E-state index contributed by atoms with van der Waals surface area (Å²) in [5.74, 6) is 0.564. The molecule has 0 atom stereocenters. The van der Waals surface area contributed by atoms with E-state index in [4.69, 9.17) is 20.9 Å². The molecule has 0 saturated carbocycles. The van der Waals surface area contributed by atoms with Gasteiger partial charge in [0.25, 0.3) is 5.91 Å². The Balaban J connectivity index is 2.30. The summed E-state index contributed by atoms with van der Waals surface area (Å²) in [7, 11) is 2.99. The van der Waals surface area contributed by atoms with E-state index in [1.54, 1.807) is 36.4 Å². The zero-order chi connectivity index (χ0) is 15.4.